The van der Waals surface area contributed by atoms with E-state index >= 15 is 0 Å². The van der Waals surface area contributed by atoms with Crippen LogP contribution in [-0.4, -0.2) is 61.4 Å². The van der Waals surface area contributed by atoms with E-state index < -0.39 is 6.43 Å². The second-order valence-electron chi connectivity index (χ2n) is 6.36. The molecule has 0 aromatic heterocycles. The molecule has 1 aromatic carbocycles. The number of likely N-dealkylation sites (N-methyl/N-ethyl adjacent to an activating group) is 1. The first-order valence-electron chi connectivity index (χ1n) is 8.57. The van der Waals surface area contributed by atoms with E-state index in [-0.39, 0.29) is 24.5 Å². The number of piperidine rings is 1. The molecule has 6 heteroatoms. The minimum atomic E-state index is -2.29. The number of nitrogens with one attached hydrogen (secondary N) is 1. The average Bonchev–Trinajstić information content (AvgIpc) is 2.57. The van der Waals surface area contributed by atoms with Crippen molar-refractivity contribution in [3.8, 4) is 0 Å². The fourth-order valence-corrected chi connectivity index (χ4v) is 3.16. The molecule has 0 saturated carbocycles. The maximum Gasteiger partial charge on any atom is 0.251 e. The molecule has 1 amide bonds. The minimum Gasteiger partial charge on any atom is -0.352 e. The molecule has 0 radical (unpaired) electrons. The van der Waals surface area contributed by atoms with Gasteiger partial charge in [0, 0.05) is 19.1 Å². The van der Waals surface area contributed by atoms with Gasteiger partial charge in [-0.3, -0.25) is 14.6 Å². The molecule has 1 fully saturated rings. The summed E-state index contributed by atoms with van der Waals surface area (Å²) in [5.41, 5.74) is 0.967. The highest BCUT2D eigenvalue weighted by molar-refractivity contribution is 5.83. The molecule has 1 saturated heterocycles. The smallest absolute Gasteiger partial charge is 0.251 e. The van der Waals surface area contributed by atoms with Crippen LogP contribution in [0.1, 0.15) is 31.4 Å². The summed E-state index contributed by atoms with van der Waals surface area (Å²) in [7, 11) is 1.93. The van der Waals surface area contributed by atoms with Crippen LogP contribution in [0.3, 0.4) is 0 Å². The third kappa shape index (κ3) is 5.24. The van der Waals surface area contributed by atoms with Gasteiger partial charge in [-0.1, -0.05) is 37.3 Å². The number of carbonyl (C=O) groups excluding carboxylic acids is 1. The molecular weight excluding hydrogens is 312 g/mol. The van der Waals surface area contributed by atoms with E-state index in [2.05, 4.69) is 5.32 Å². The number of benzene rings is 1. The van der Waals surface area contributed by atoms with Gasteiger partial charge < -0.3 is 5.32 Å². The third-order valence-electron chi connectivity index (χ3n) is 4.63. The molecule has 0 aliphatic carbocycles. The van der Waals surface area contributed by atoms with E-state index in [9.17, 15) is 13.6 Å². The second kappa shape index (κ2) is 9.08. The molecule has 0 unspecified atom stereocenters. The predicted molar refractivity (Wildman–Crippen MR) is 91.1 cm³/mol. The van der Waals surface area contributed by atoms with Crippen LogP contribution in [0, 0.1) is 0 Å². The van der Waals surface area contributed by atoms with Crippen LogP contribution in [0.15, 0.2) is 30.3 Å². The first kappa shape index (κ1) is 18.8. The van der Waals surface area contributed by atoms with Gasteiger partial charge in [-0.05, 0) is 32.0 Å². The van der Waals surface area contributed by atoms with Gasteiger partial charge in [0.15, 0.2) is 0 Å². The van der Waals surface area contributed by atoms with Crippen molar-refractivity contribution in [2.24, 2.45) is 0 Å². The summed E-state index contributed by atoms with van der Waals surface area (Å²) in [6, 6.07) is 9.45. The van der Waals surface area contributed by atoms with Gasteiger partial charge in [0.1, 0.15) is 6.04 Å². The maximum atomic E-state index is 12.8. The molecule has 2 rings (SSSR count). The highest BCUT2D eigenvalue weighted by Crippen LogP contribution is 2.20. The predicted octanol–water partition coefficient (Wildman–Crippen LogP) is 2.53. The van der Waals surface area contributed by atoms with Crippen molar-refractivity contribution in [1.29, 1.82) is 0 Å². The number of hydrogen-bond acceptors (Lipinski definition) is 3. The van der Waals surface area contributed by atoms with Crippen LogP contribution >= 0.6 is 0 Å². The van der Waals surface area contributed by atoms with Crippen LogP contribution in [-0.2, 0) is 4.79 Å². The summed E-state index contributed by atoms with van der Waals surface area (Å²) in [5.74, 6) is -0.0159. The highest BCUT2D eigenvalue weighted by atomic mass is 19.3. The molecule has 4 nitrogen and oxygen atoms in total. The van der Waals surface area contributed by atoms with Gasteiger partial charge in [0.25, 0.3) is 6.43 Å². The Morgan fingerprint density at radius 1 is 1.29 bits per heavy atom. The van der Waals surface area contributed by atoms with E-state index in [1.807, 2.05) is 49.2 Å². The number of amides is 1. The number of hydrogen-bond donors (Lipinski definition) is 1. The van der Waals surface area contributed by atoms with Gasteiger partial charge in [-0.15, -0.1) is 0 Å². The monoisotopic (exact) mass is 339 g/mol. The molecule has 1 N–H and O–H groups in total. The third-order valence-corrected chi connectivity index (χ3v) is 4.63. The molecule has 0 bridgehead atoms. The molecule has 1 heterocycles. The summed E-state index contributed by atoms with van der Waals surface area (Å²) in [4.78, 5) is 16.6. The lowest BCUT2D eigenvalue weighted by Gasteiger charge is -2.34. The Labute approximate surface area is 142 Å². The van der Waals surface area contributed by atoms with E-state index in [1.165, 1.54) is 0 Å². The molecule has 1 aromatic rings. The van der Waals surface area contributed by atoms with E-state index in [0.717, 1.165) is 24.9 Å². The van der Waals surface area contributed by atoms with Crippen LogP contribution in [0.25, 0.3) is 0 Å². The van der Waals surface area contributed by atoms with Crippen molar-refractivity contribution in [2.75, 3.05) is 33.2 Å². The van der Waals surface area contributed by atoms with Crippen LogP contribution < -0.4 is 5.32 Å². The number of halogens is 2. The summed E-state index contributed by atoms with van der Waals surface area (Å²) < 4.78 is 24.9. The maximum absolute atomic E-state index is 12.8. The lowest BCUT2D eigenvalue weighted by Crippen LogP contribution is -2.48. The first-order valence-corrected chi connectivity index (χ1v) is 8.57. The Kier molecular flexibility index (Phi) is 7.12. The Balaban J connectivity index is 1.94. The van der Waals surface area contributed by atoms with Crippen molar-refractivity contribution in [3.05, 3.63) is 35.9 Å². The van der Waals surface area contributed by atoms with Crippen molar-refractivity contribution in [1.82, 2.24) is 15.1 Å². The number of carbonyl (C=O) groups is 1. The summed E-state index contributed by atoms with van der Waals surface area (Å²) in [5, 5.41) is 3.11. The number of alkyl halides is 2. The molecule has 134 valence electrons. The standard InChI is InChI=1S/C18H27F2N3O/c1-3-22(2)17(14-7-5-4-6-8-14)18(24)21-15-9-11-23(12-10-15)13-16(19)20/h4-8,15-17H,3,9-13H2,1-2H3,(H,21,24)/t17-/m1/s1. The minimum absolute atomic E-state index is 0.0159. The summed E-state index contributed by atoms with van der Waals surface area (Å²) >= 11 is 0. The molecule has 1 aliphatic rings. The zero-order chi connectivity index (χ0) is 17.5. The van der Waals surface area contributed by atoms with Crippen LogP contribution in [0.2, 0.25) is 0 Å². The summed E-state index contributed by atoms with van der Waals surface area (Å²) in [6.07, 6.45) is -0.858. The molecule has 1 aliphatic heterocycles. The lowest BCUT2D eigenvalue weighted by molar-refractivity contribution is -0.127. The van der Waals surface area contributed by atoms with E-state index in [0.29, 0.717) is 13.1 Å². The fraction of sp³-hybridized carbons (Fsp3) is 0.611. The van der Waals surface area contributed by atoms with E-state index in [4.69, 9.17) is 0 Å². The van der Waals surface area contributed by atoms with Crippen molar-refractivity contribution in [2.45, 2.75) is 38.3 Å². The number of likely N-dealkylation sites (tertiary alicyclic amines) is 1. The Morgan fingerprint density at radius 2 is 1.92 bits per heavy atom. The van der Waals surface area contributed by atoms with Crippen LogP contribution in [0.4, 0.5) is 8.78 Å². The second-order valence-corrected chi connectivity index (χ2v) is 6.36. The van der Waals surface area contributed by atoms with E-state index in [1.54, 1.807) is 4.90 Å². The number of rotatable bonds is 7. The zero-order valence-electron chi connectivity index (χ0n) is 14.4. The first-order chi connectivity index (χ1) is 11.5. The van der Waals surface area contributed by atoms with Gasteiger partial charge in [-0.2, -0.15) is 0 Å². The van der Waals surface area contributed by atoms with Crippen molar-refractivity contribution >= 4 is 5.91 Å². The van der Waals surface area contributed by atoms with Gasteiger partial charge >= 0.3 is 0 Å². The fourth-order valence-electron chi connectivity index (χ4n) is 3.16. The normalized spacial score (nSPS) is 18.1. The van der Waals surface area contributed by atoms with Crippen molar-refractivity contribution < 1.29 is 13.6 Å². The summed E-state index contributed by atoms with van der Waals surface area (Å²) in [6.45, 7) is 3.82. The quantitative estimate of drug-likeness (QED) is 0.829. The van der Waals surface area contributed by atoms with Gasteiger partial charge in [0.2, 0.25) is 5.91 Å². The van der Waals surface area contributed by atoms with Crippen LogP contribution in [0.5, 0.6) is 0 Å². The Hall–Kier alpha value is -1.53. The largest absolute Gasteiger partial charge is 0.352 e. The highest BCUT2D eigenvalue weighted by Gasteiger charge is 2.28. The molecular formula is C18H27F2N3O. The number of nitrogens with zero attached hydrogens (tertiary/aromatic N) is 2. The average molecular weight is 339 g/mol. The lowest BCUT2D eigenvalue weighted by atomic mass is 10.0. The topological polar surface area (TPSA) is 35.6 Å². The molecule has 24 heavy (non-hydrogen) atoms. The Morgan fingerprint density at radius 3 is 2.46 bits per heavy atom. The van der Waals surface area contributed by atoms with Gasteiger partial charge in [0.05, 0.1) is 6.54 Å². The SMILES string of the molecule is CCN(C)[C@@H](C(=O)NC1CCN(CC(F)F)CC1)c1ccccc1. The zero-order valence-corrected chi connectivity index (χ0v) is 14.4. The molecule has 1 atom stereocenters. The molecule has 0 spiro atoms. The van der Waals surface area contributed by atoms with Crippen molar-refractivity contribution in [3.63, 3.8) is 0 Å². The Bertz CT molecular complexity index is 504. The van der Waals surface area contributed by atoms with Gasteiger partial charge in [-0.25, -0.2) is 8.78 Å².